The number of fused-ring (bicyclic) bond motifs is 2. The number of hydrogen-bond acceptors (Lipinski definition) is 6. The molecule has 1 N–H and O–H groups in total. The third kappa shape index (κ3) is 3.02. The highest BCUT2D eigenvalue weighted by Gasteiger charge is 2.28. The molecule has 6 nitrogen and oxygen atoms in total. The minimum Gasteiger partial charge on any atom is -0.485 e. The molecular formula is C20H14N2O4S. The van der Waals surface area contributed by atoms with Crippen molar-refractivity contribution in [3.05, 3.63) is 60.0 Å². The van der Waals surface area contributed by atoms with Crippen molar-refractivity contribution in [1.29, 1.82) is 0 Å². The molecule has 0 saturated heterocycles. The maximum atomic E-state index is 12.5. The Balaban J connectivity index is 1.31. The van der Waals surface area contributed by atoms with Crippen LogP contribution in [-0.2, 0) is 4.79 Å². The molecule has 0 saturated carbocycles. The molecular weight excluding hydrogens is 364 g/mol. The van der Waals surface area contributed by atoms with Crippen LogP contribution in [0.15, 0.2) is 64.4 Å². The first-order chi connectivity index (χ1) is 13.3. The minimum absolute atomic E-state index is 0.157. The predicted molar refractivity (Wildman–Crippen MR) is 102 cm³/mol. The maximum Gasteiger partial charge on any atom is 0.270 e. The van der Waals surface area contributed by atoms with Crippen LogP contribution in [0.3, 0.4) is 0 Å². The highest BCUT2D eigenvalue weighted by Crippen LogP contribution is 2.32. The molecule has 27 heavy (non-hydrogen) atoms. The van der Waals surface area contributed by atoms with Gasteiger partial charge < -0.3 is 13.9 Å². The lowest BCUT2D eigenvalue weighted by Crippen LogP contribution is -2.40. The molecule has 2 aromatic carbocycles. The van der Waals surface area contributed by atoms with Crippen LogP contribution in [0.25, 0.3) is 22.4 Å². The van der Waals surface area contributed by atoms with E-state index in [9.17, 15) is 4.79 Å². The molecule has 3 heterocycles. The topological polar surface area (TPSA) is 73.6 Å². The number of para-hydroxylation sites is 3. The van der Waals surface area contributed by atoms with Crippen LogP contribution < -0.4 is 14.8 Å². The molecule has 0 bridgehead atoms. The van der Waals surface area contributed by atoms with E-state index in [1.165, 1.54) is 11.3 Å². The van der Waals surface area contributed by atoms with Crippen LogP contribution in [0.4, 0.5) is 5.13 Å². The van der Waals surface area contributed by atoms with Gasteiger partial charge in [0.25, 0.3) is 5.91 Å². The van der Waals surface area contributed by atoms with Gasteiger partial charge in [-0.1, -0.05) is 30.3 Å². The molecule has 7 heteroatoms. The van der Waals surface area contributed by atoms with Gasteiger partial charge >= 0.3 is 0 Å². The summed E-state index contributed by atoms with van der Waals surface area (Å²) in [6, 6.07) is 17.0. The zero-order valence-corrected chi connectivity index (χ0v) is 14.9. The van der Waals surface area contributed by atoms with Crippen LogP contribution in [0.1, 0.15) is 0 Å². The van der Waals surface area contributed by atoms with Crippen molar-refractivity contribution >= 4 is 33.3 Å². The molecule has 0 aliphatic carbocycles. The van der Waals surface area contributed by atoms with E-state index >= 15 is 0 Å². The largest absolute Gasteiger partial charge is 0.485 e. The number of hydrogen-bond donors (Lipinski definition) is 1. The number of nitrogens with one attached hydrogen (secondary N) is 1. The molecule has 0 radical (unpaired) electrons. The Morgan fingerprint density at radius 3 is 2.81 bits per heavy atom. The summed E-state index contributed by atoms with van der Waals surface area (Å²) in [6.07, 6.45) is -0.724. The second kappa shape index (κ2) is 6.44. The third-order valence-corrected chi connectivity index (χ3v) is 4.97. The van der Waals surface area contributed by atoms with Gasteiger partial charge in [0.1, 0.15) is 17.9 Å². The van der Waals surface area contributed by atoms with E-state index in [0.717, 1.165) is 11.0 Å². The summed E-state index contributed by atoms with van der Waals surface area (Å²) in [4.78, 5) is 16.9. The molecule has 0 fully saturated rings. The molecule has 1 atom stereocenters. The minimum atomic E-state index is -0.724. The van der Waals surface area contributed by atoms with Crippen LogP contribution >= 0.6 is 11.3 Å². The number of rotatable bonds is 3. The van der Waals surface area contributed by atoms with Gasteiger partial charge in [0.2, 0.25) is 6.10 Å². The summed E-state index contributed by atoms with van der Waals surface area (Å²) in [5, 5.41) is 6.13. The number of aromatic nitrogens is 1. The Labute approximate surface area is 158 Å². The number of thiazole rings is 1. The molecule has 2 aromatic heterocycles. The molecule has 1 amide bonds. The van der Waals surface area contributed by atoms with E-state index < -0.39 is 6.10 Å². The van der Waals surface area contributed by atoms with E-state index in [1.54, 1.807) is 6.07 Å². The Kier molecular flexibility index (Phi) is 3.79. The third-order valence-electron chi connectivity index (χ3n) is 4.21. The van der Waals surface area contributed by atoms with Gasteiger partial charge in [-0.3, -0.25) is 10.1 Å². The predicted octanol–water partition coefficient (Wildman–Crippen LogP) is 4.33. The van der Waals surface area contributed by atoms with Gasteiger partial charge in [-0.15, -0.1) is 11.3 Å². The van der Waals surface area contributed by atoms with Gasteiger partial charge in [0.15, 0.2) is 22.4 Å². The van der Waals surface area contributed by atoms with Crippen molar-refractivity contribution in [1.82, 2.24) is 4.98 Å². The van der Waals surface area contributed by atoms with Crippen molar-refractivity contribution in [2.24, 2.45) is 0 Å². The first kappa shape index (κ1) is 15.9. The van der Waals surface area contributed by atoms with E-state index in [1.807, 2.05) is 53.9 Å². The first-order valence-corrected chi connectivity index (χ1v) is 9.28. The van der Waals surface area contributed by atoms with Crippen LogP contribution in [0.2, 0.25) is 0 Å². The molecule has 0 spiro atoms. The Hall–Kier alpha value is -3.32. The lowest BCUT2D eigenvalue weighted by molar-refractivity contribution is -0.125. The number of furan rings is 1. The zero-order chi connectivity index (χ0) is 18.2. The Bertz CT molecular complexity index is 1100. The van der Waals surface area contributed by atoms with Crippen LogP contribution in [0, 0.1) is 0 Å². The maximum absolute atomic E-state index is 12.5. The molecule has 0 unspecified atom stereocenters. The van der Waals surface area contributed by atoms with Gasteiger partial charge in [-0.05, 0) is 24.3 Å². The number of benzene rings is 2. The number of amides is 1. The average molecular weight is 378 g/mol. The monoisotopic (exact) mass is 378 g/mol. The van der Waals surface area contributed by atoms with Crippen LogP contribution in [0.5, 0.6) is 11.5 Å². The zero-order valence-electron chi connectivity index (χ0n) is 14.0. The van der Waals surface area contributed by atoms with E-state index in [-0.39, 0.29) is 12.5 Å². The molecule has 1 aliphatic rings. The Morgan fingerprint density at radius 2 is 1.93 bits per heavy atom. The fourth-order valence-corrected chi connectivity index (χ4v) is 3.59. The smallest absolute Gasteiger partial charge is 0.270 e. The average Bonchev–Trinajstić information content (AvgIpc) is 3.34. The fourth-order valence-electron chi connectivity index (χ4n) is 2.89. The van der Waals surface area contributed by atoms with Crippen molar-refractivity contribution in [3.8, 4) is 23.0 Å². The van der Waals surface area contributed by atoms with Crippen molar-refractivity contribution < 1.29 is 18.7 Å². The number of carbonyl (C=O) groups is 1. The quantitative estimate of drug-likeness (QED) is 0.574. The summed E-state index contributed by atoms with van der Waals surface area (Å²) >= 11 is 1.33. The summed E-state index contributed by atoms with van der Waals surface area (Å²) in [5.74, 6) is 1.57. The van der Waals surface area contributed by atoms with Gasteiger partial charge in [-0.2, -0.15) is 0 Å². The summed E-state index contributed by atoms with van der Waals surface area (Å²) < 4.78 is 17.1. The summed E-state index contributed by atoms with van der Waals surface area (Å²) in [5.41, 5.74) is 1.48. The Morgan fingerprint density at radius 1 is 1.11 bits per heavy atom. The van der Waals surface area contributed by atoms with E-state index in [4.69, 9.17) is 13.9 Å². The fraction of sp³-hybridized carbons (Fsp3) is 0.100. The van der Waals surface area contributed by atoms with E-state index in [2.05, 4.69) is 10.3 Å². The van der Waals surface area contributed by atoms with Crippen molar-refractivity contribution in [2.45, 2.75) is 6.10 Å². The summed E-state index contributed by atoms with van der Waals surface area (Å²) in [6.45, 7) is 0.157. The molecule has 134 valence electrons. The summed E-state index contributed by atoms with van der Waals surface area (Å²) in [7, 11) is 0. The first-order valence-electron chi connectivity index (χ1n) is 8.40. The van der Waals surface area contributed by atoms with Crippen LogP contribution in [-0.4, -0.2) is 23.6 Å². The molecule has 1 aliphatic heterocycles. The van der Waals surface area contributed by atoms with Gasteiger partial charge in [-0.25, -0.2) is 4.98 Å². The molecule has 4 aromatic rings. The lowest BCUT2D eigenvalue weighted by atomic mass is 10.2. The highest BCUT2D eigenvalue weighted by molar-refractivity contribution is 7.14. The number of nitrogens with zero attached hydrogens (tertiary/aromatic N) is 1. The standard InChI is InChI=1S/C20H14N2O4S/c23-19(18-10-24-15-7-3-4-8-16(15)26-18)22-20-21-13(11-27-20)17-9-12-5-1-2-6-14(12)25-17/h1-9,11,18H,10H2,(H,21,22,23)/t18-/m1/s1. The van der Waals surface area contributed by atoms with Gasteiger partial charge in [0, 0.05) is 10.8 Å². The van der Waals surface area contributed by atoms with Crippen molar-refractivity contribution in [3.63, 3.8) is 0 Å². The SMILES string of the molecule is O=C(Nc1nc(-c2cc3ccccc3o2)cs1)[C@H]1COc2ccccc2O1. The normalized spacial score (nSPS) is 15.6. The highest BCUT2D eigenvalue weighted by atomic mass is 32.1. The van der Waals surface area contributed by atoms with Gasteiger partial charge in [0.05, 0.1) is 0 Å². The lowest BCUT2D eigenvalue weighted by Gasteiger charge is -2.25. The number of carbonyl (C=O) groups excluding carboxylic acids is 1. The number of anilines is 1. The second-order valence-electron chi connectivity index (χ2n) is 6.04. The second-order valence-corrected chi connectivity index (χ2v) is 6.90. The number of ether oxygens (including phenoxy) is 2. The molecule has 5 rings (SSSR count). The van der Waals surface area contributed by atoms with Crippen molar-refractivity contribution in [2.75, 3.05) is 11.9 Å². The van der Waals surface area contributed by atoms with E-state index in [0.29, 0.717) is 28.1 Å².